The van der Waals surface area contributed by atoms with Crippen LogP contribution < -0.4 is 10.1 Å². The van der Waals surface area contributed by atoms with E-state index in [2.05, 4.69) is 21.2 Å². The highest BCUT2D eigenvalue weighted by Crippen LogP contribution is 2.27. The second-order valence-electron chi connectivity index (χ2n) is 4.54. The lowest BCUT2D eigenvalue weighted by Gasteiger charge is -2.19. The third-order valence-electron chi connectivity index (χ3n) is 3.09. The van der Waals surface area contributed by atoms with Gasteiger partial charge in [-0.2, -0.15) is 0 Å². The van der Waals surface area contributed by atoms with Gasteiger partial charge in [0.25, 0.3) is 5.91 Å². The lowest BCUT2D eigenvalue weighted by Crippen LogP contribution is -2.37. The summed E-state index contributed by atoms with van der Waals surface area (Å²) in [6.07, 6.45) is 0. The van der Waals surface area contributed by atoms with E-state index in [1.165, 1.54) is 25.3 Å². The number of hydrogen-bond acceptors (Lipinski definition) is 4. The molecule has 2 atom stereocenters. The first kappa shape index (κ1) is 16.4. The molecule has 6 nitrogen and oxygen atoms in total. The number of alkyl halides is 1. The summed E-state index contributed by atoms with van der Waals surface area (Å²) in [7, 11) is 1.35. The number of nitrogens with zero attached hydrogens (tertiary/aromatic N) is 1. The van der Waals surface area contributed by atoms with E-state index in [1.54, 1.807) is 0 Å². The molecule has 7 heteroatoms. The Balaban J connectivity index is 2.94. The van der Waals surface area contributed by atoms with Crippen LogP contribution in [-0.2, 0) is 0 Å². The molecule has 0 aliphatic heterocycles. The number of carbonyl (C=O) groups is 1. The fraction of sp³-hybridized carbons (Fsp3) is 0.462. The summed E-state index contributed by atoms with van der Waals surface area (Å²) < 4.78 is 4.90. The third-order valence-corrected chi connectivity index (χ3v) is 4.11. The lowest BCUT2D eigenvalue weighted by atomic mass is 10.1. The minimum atomic E-state index is -0.569. The van der Waals surface area contributed by atoms with Gasteiger partial charge in [0.05, 0.1) is 12.0 Å². The van der Waals surface area contributed by atoms with Crippen molar-refractivity contribution in [2.24, 2.45) is 5.92 Å². The van der Waals surface area contributed by atoms with E-state index < -0.39 is 4.92 Å². The van der Waals surface area contributed by atoms with Crippen LogP contribution in [0, 0.1) is 16.0 Å². The first-order chi connectivity index (χ1) is 9.40. The number of carbonyl (C=O) groups excluding carboxylic acids is 1. The zero-order valence-electron chi connectivity index (χ0n) is 11.6. The highest BCUT2D eigenvalue weighted by atomic mass is 79.9. The summed E-state index contributed by atoms with van der Waals surface area (Å²) >= 11 is 3.35. The molecule has 1 N–H and O–H groups in total. The van der Waals surface area contributed by atoms with Crippen LogP contribution in [0.4, 0.5) is 5.69 Å². The van der Waals surface area contributed by atoms with Gasteiger partial charge in [0.15, 0.2) is 5.75 Å². The summed E-state index contributed by atoms with van der Waals surface area (Å²) in [6, 6.07) is 4.11. The second-order valence-corrected chi connectivity index (χ2v) is 5.18. The number of hydrogen-bond donors (Lipinski definition) is 1. The number of benzene rings is 1. The quantitative estimate of drug-likeness (QED) is 0.488. The van der Waals surface area contributed by atoms with Crippen molar-refractivity contribution >= 4 is 27.5 Å². The van der Waals surface area contributed by atoms with Gasteiger partial charge >= 0.3 is 5.69 Å². The van der Waals surface area contributed by atoms with Crippen molar-refractivity contribution in [1.29, 1.82) is 0 Å². The van der Waals surface area contributed by atoms with E-state index in [0.717, 1.165) is 5.33 Å². The Morgan fingerprint density at radius 2 is 2.15 bits per heavy atom. The molecule has 0 aliphatic rings. The van der Waals surface area contributed by atoms with Gasteiger partial charge in [0.1, 0.15) is 0 Å². The Bertz CT molecular complexity index is 507. The van der Waals surface area contributed by atoms with Gasteiger partial charge in [-0.15, -0.1) is 0 Å². The number of amides is 1. The molecule has 0 aliphatic carbocycles. The average molecular weight is 345 g/mol. The standard InChI is InChI=1S/C13H17BrN2O4/c1-8(7-14)9(2)15-13(17)10-4-5-12(20-3)11(6-10)16(18)19/h4-6,8-9H,7H2,1-3H3,(H,15,17). The van der Waals surface area contributed by atoms with Gasteiger partial charge in [0, 0.05) is 23.0 Å². The smallest absolute Gasteiger partial charge is 0.311 e. The number of nitro groups is 1. The Morgan fingerprint density at radius 3 is 2.65 bits per heavy atom. The Kier molecular flexibility index (Phi) is 5.94. The first-order valence-electron chi connectivity index (χ1n) is 6.10. The van der Waals surface area contributed by atoms with Crippen LogP contribution in [0.5, 0.6) is 5.75 Å². The highest BCUT2D eigenvalue weighted by molar-refractivity contribution is 9.09. The predicted octanol–water partition coefficient (Wildman–Crippen LogP) is 2.75. The largest absolute Gasteiger partial charge is 0.490 e. The predicted molar refractivity (Wildman–Crippen MR) is 79.5 cm³/mol. The molecule has 0 heterocycles. The van der Waals surface area contributed by atoms with Crippen LogP contribution in [0.3, 0.4) is 0 Å². The molecule has 0 spiro atoms. The maximum Gasteiger partial charge on any atom is 0.311 e. The zero-order valence-corrected chi connectivity index (χ0v) is 13.1. The van der Waals surface area contributed by atoms with Crippen LogP contribution in [0.1, 0.15) is 24.2 Å². The Labute approximate surface area is 125 Å². The van der Waals surface area contributed by atoms with Crippen LogP contribution >= 0.6 is 15.9 Å². The summed E-state index contributed by atoms with van der Waals surface area (Å²) in [6.45, 7) is 3.89. The van der Waals surface area contributed by atoms with E-state index in [1.807, 2.05) is 13.8 Å². The molecule has 110 valence electrons. The number of rotatable bonds is 6. The zero-order chi connectivity index (χ0) is 15.3. The number of ether oxygens (including phenoxy) is 1. The maximum absolute atomic E-state index is 12.1. The topological polar surface area (TPSA) is 81.5 Å². The van der Waals surface area contributed by atoms with Crippen molar-refractivity contribution < 1.29 is 14.5 Å². The van der Waals surface area contributed by atoms with Crippen molar-refractivity contribution in [2.75, 3.05) is 12.4 Å². The van der Waals surface area contributed by atoms with Gasteiger partial charge in [-0.05, 0) is 25.0 Å². The summed E-state index contributed by atoms with van der Waals surface area (Å²) in [5, 5.41) is 14.5. The third kappa shape index (κ3) is 3.93. The molecule has 0 aromatic heterocycles. The van der Waals surface area contributed by atoms with Crippen molar-refractivity contribution in [1.82, 2.24) is 5.32 Å². The highest BCUT2D eigenvalue weighted by Gasteiger charge is 2.20. The van der Waals surface area contributed by atoms with Crippen molar-refractivity contribution in [2.45, 2.75) is 19.9 Å². The monoisotopic (exact) mass is 344 g/mol. The van der Waals surface area contributed by atoms with Crippen molar-refractivity contribution in [3.05, 3.63) is 33.9 Å². The maximum atomic E-state index is 12.1. The SMILES string of the molecule is COc1ccc(C(=O)NC(C)C(C)CBr)cc1[N+](=O)[O-]. The molecular formula is C13H17BrN2O4. The molecule has 2 unspecified atom stereocenters. The molecule has 1 rings (SSSR count). The van der Waals surface area contributed by atoms with Crippen LogP contribution in [0.15, 0.2) is 18.2 Å². The number of halogens is 1. The number of nitrogens with one attached hydrogen (secondary N) is 1. The molecule has 20 heavy (non-hydrogen) atoms. The fourth-order valence-corrected chi connectivity index (χ4v) is 2.10. The van der Waals surface area contributed by atoms with Gasteiger partial charge in [-0.3, -0.25) is 14.9 Å². The van der Waals surface area contributed by atoms with Crippen molar-refractivity contribution in [3.63, 3.8) is 0 Å². The van der Waals surface area contributed by atoms with Crippen LogP contribution in [0.2, 0.25) is 0 Å². The van der Waals surface area contributed by atoms with E-state index in [4.69, 9.17) is 4.74 Å². The van der Waals surface area contributed by atoms with Crippen LogP contribution in [-0.4, -0.2) is 29.3 Å². The van der Waals surface area contributed by atoms with Gasteiger partial charge in [-0.1, -0.05) is 22.9 Å². The molecule has 0 saturated carbocycles. The van der Waals surface area contributed by atoms with E-state index in [-0.39, 0.29) is 34.9 Å². The van der Waals surface area contributed by atoms with Gasteiger partial charge in [-0.25, -0.2) is 0 Å². The first-order valence-corrected chi connectivity index (χ1v) is 7.22. The molecular weight excluding hydrogens is 328 g/mol. The molecule has 1 aromatic carbocycles. The summed E-state index contributed by atoms with van der Waals surface area (Å²) in [5.41, 5.74) is 0.0208. The van der Waals surface area contributed by atoms with Crippen molar-refractivity contribution in [3.8, 4) is 5.75 Å². The minimum Gasteiger partial charge on any atom is -0.490 e. The van der Waals surface area contributed by atoms with Crippen LogP contribution in [0.25, 0.3) is 0 Å². The molecule has 0 radical (unpaired) electrons. The van der Waals surface area contributed by atoms with E-state index in [9.17, 15) is 14.9 Å². The number of methoxy groups -OCH3 is 1. The summed E-state index contributed by atoms with van der Waals surface area (Å²) in [4.78, 5) is 22.4. The minimum absolute atomic E-state index is 0.0389. The number of nitro benzene ring substituents is 1. The van der Waals surface area contributed by atoms with E-state index >= 15 is 0 Å². The van der Waals surface area contributed by atoms with Gasteiger partial charge in [0.2, 0.25) is 0 Å². The molecule has 0 fully saturated rings. The normalized spacial score (nSPS) is 13.4. The Morgan fingerprint density at radius 1 is 1.50 bits per heavy atom. The Hall–Kier alpha value is -1.63. The molecule has 1 amide bonds. The molecule has 0 saturated heterocycles. The summed E-state index contributed by atoms with van der Waals surface area (Å²) in [5.74, 6) is 0.0525. The lowest BCUT2D eigenvalue weighted by molar-refractivity contribution is -0.385. The molecule has 0 bridgehead atoms. The average Bonchev–Trinajstić information content (AvgIpc) is 2.45. The fourth-order valence-electron chi connectivity index (χ4n) is 1.54. The molecule has 1 aromatic rings. The van der Waals surface area contributed by atoms with Gasteiger partial charge < -0.3 is 10.1 Å². The van der Waals surface area contributed by atoms with E-state index in [0.29, 0.717) is 0 Å². The second kappa shape index (κ2) is 7.23.